The molecule has 10 nitrogen and oxygen atoms in total. The van der Waals surface area contributed by atoms with Gasteiger partial charge in [-0.15, -0.1) is 0 Å². The average molecular weight is 402 g/mol. The van der Waals surface area contributed by atoms with Crippen molar-refractivity contribution in [3.05, 3.63) is 17.5 Å². The van der Waals surface area contributed by atoms with Crippen LogP contribution < -0.4 is 10.6 Å². The lowest BCUT2D eigenvalue weighted by Crippen LogP contribution is -2.55. The number of aromatic nitrogens is 2. The van der Waals surface area contributed by atoms with Crippen LogP contribution in [0.2, 0.25) is 0 Å². The van der Waals surface area contributed by atoms with E-state index in [1.807, 2.05) is 24.8 Å². The van der Waals surface area contributed by atoms with Gasteiger partial charge in [0, 0.05) is 25.7 Å². The maximum absolute atomic E-state index is 13.0. The van der Waals surface area contributed by atoms with Crippen molar-refractivity contribution in [2.45, 2.75) is 39.3 Å². The van der Waals surface area contributed by atoms with Gasteiger partial charge in [0.05, 0.1) is 5.69 Å². The molecule has 1 aliphatic carbocycles. The average Bonchev–Trinajstić information content (AvgIpc) is 3.26. The molecule has 1 aromatic heterocycles. The number of rotatable bonds is 5. The van der Waals surface area contributed by atoms with Crippen LogP contribution in [0.15, 0.2) is 6.07 Å². The van der Waals surface area contributed by atoms with Crippen molar-refractivity contribution in [2.24, 2.45) is 11.8 Å². The summed E-state index contributed by atoms with van der Waals surface area (Å²) in [5, 5.41) is 9.57. The molecule has 10 heteroatoms. The lowest BCUT2D eigenvalue weighted by molar-refractivity contribution is -0.123. The zero-order chi connectivity index (χ0) is 20.7. The lowest BCUT2D eigenvalue weighted by Gasteiger charge is -2.38. The van der Waals surface area contributed by atoms with Gasteiger partial charge < -0.3 is 15.1 Å². The highest BCUT2D eigenvalue weighted by atomic mass is 16.2. The molecule has 29 heavy (non-hydrogen) atoms. The van der Waals surface area contributed by atoms with Crippen LogP contribution in [0.5, 0.6) is 0 Å². The predicted molar refractivity (Wildman–Crippen MR) is 102 cm³/mol. The number of fused-ring (bicyclic) bond motifs is 2. The Bertz CT molecular complexity index is 851. The second-order valence-electron chi connectivity index (χ2n) is 8.10. The minimum absolute atomic E-state index is 0.00858. The van der Waals surface area contributed by atoms with E-state index in [-0.39, 0.29) is 42.8 Å². The summed E-state index contributed by atoms with van der Waals surface area (Å²) in [4.78, 5) is 51.4. The minimum atomic E-state index is -0.531. The number of carbonyl (C=O) groups excluding carboxylic acids is 4. The number of nitrogens with zero attached hydrogens (tertiary/aromatic N) is 4. The van der Waals surface area contributed by atoms with E-state index < -0.39 is 11.9 Å². The molecule has 2 bridgehead atoms. The summed E-state index contributed by atoms with van der Waals surface area (Å²) >= 11 is 0. The van der Waals surface area contributed by atoms with Gasteiger partial charge in [0.25, 0.3) is 5.91 Å². The smallest absolute Gasteiger partial charge is 0.325 e. The fourth-order valence-corrected chi connectivity index (χ4v) is 4.76. The molecule has 3 aliphatic rings. The number of hydrogen-bond acceptors (Lipinski definition) is 5. The lowest BCUT2D eigenvalue weighted by atomic mass is 9.91. The quantitative estimate of drug-likeness (QED) is 0.658. The SMILES string of the molecule is CCn1nc(C)cc1C(=O)N1C[C@H]2CC[C@@H](C1)C2NC(=O)CN1CC(=O)NC1=O. The largest absolute Gasteiger partial charge is 0.351 e. The van der Waals surface area contributed by atoms with Gasteiger partial charge in [-0.1, -0.05) is 0 Å². The predicted octanol–water partition coefficient (Wildman–Crippen LogP) is -0.270. The summed E-state index contributed by atoms with van der Waals surface area (Å²) in [5.41, 5.74) is 1.43. The number of hydrogen-bond donors (Lipinski definition) is 2. The van der Waals surface area contributed by atoms with E-state index in [2.05, 4.69) is 15.7 Å². The molecule has 0 aromatic carbocycles. The summed E-state index contributed by atoms with van der Waals surface area (Å²) in [6.45, 7) is 5.45. The second-order valence-corrected chi connectivity index (χ2v) is 8.10. The fourth-order valence-electron chi connectivity index (χ4n) is 4.76. The van der Waals surface area contributed by atoms with Gasteiger partial charge in [-0.05, 0) is 44.6 Å². The molecule has 0 radical (unpaired) electrons. The topological polar surface area (TPSA) is 117 Å². The highest BCUT2D eigenvalue weighted by Gasteiger charge is 2.44. The second kappa shape index (κ2) is 7.49. The van der Waals surface area contributed by atoms with E-state index in [0.29, 0.717) is 25.3 Å². The van der Waals surface area contributed by atoms with Crippen molar-refractivity contribution in [3.63, 3.8) is 0 Å². The van der Waals surface area contributed by atoms with Crippen LogP contribution in [-0.4, -0.2) is 75.6 Å². The summed E-state index contributed by atoms with van der Waals surface area (Å²) in [5.74, 6) is -0.293. The van der Waals surface area contributed by atoms with E-state index in [1.165, 1.54) is 4.90 Å². The Labute approximate surface area is 168 Å². The Kier molecular flexibility index (Phi) is 5.01. The molecule has 0 spiro atoms. The van der Waals surface area contributed by atoms with E-state index in [9.17, 15) is 19.2 Å². The molecule has 3 heterocycles. The van der Waals surface area contributed by atoms with Crippen molar-refractivity contribution < 1.29 is 19.2 Å². The Hall–Kier alpha value is -2.91. The molecule has 1 unspecified atom stereocenters. The zero-order valence-electron chi connectivity index (χ0n) is 16.7. The van der Waals surface area contributed by atoms with Crippen molar-refractivity contribution in [1.29, 1.82) is 0 Å². The Morgan fingerprint density at radius 3 is 2.52 bits per heavy atom. The van der Waals surface area contributed by atoms with E-state index in [1.54, 1.807) is 4.68 Å². The molecule has 1 saturated carbocycles. The van der Waals surface area contributed by atoms with E-state index in [4.69, 9.17) is 0 Å². The molecular weight excluding hydrogens is 376 g/mol. The number of nitrogens with one attached hydrogen (secondary N) is 2. The molecular formula is C19H26N6O4. The van der Waals surface area contributed by atoms with Crippen molar-refractivity contribution >= 4 is 23.8 Å². The van der Waals surface area contributed by atoms with Crippen molar-refractivity contribution in [3.8, 4) is 0 Å². The van der Waals surface area contributed by atoms with Gasteiger partial charge in [0.15, 0.2) is 0 Å². The molecule has 2 N–H and O–H groups in total. The van der Waals surface area contributed by atoms with Gasteiger partial charge in [0.2, 0.25) is 11.8 Å². The Morgan fingerprint density at radius 1 is 1.24 bits per heavy atom. The molecule has 3 atom stereocenters. The van der Waals surface area contributed by atoms with E-state index in [0.717, 1.165) is 18.5 Å². The molecule has 4 rings (SSSR count). The maximum atomic E-state index is 13.0. The number of imide groups is 1. The number of amides is 5. The molecule has 3 fully saturated rings. The Balaban J connectivity index is 1.38. The van der Waals surface area contributed by atoms with Crippen LogP contribution in [0.1, 0.15) is 35.9 Å². The summed E-state index contributed by atoms with van der Waals surface area (Å²) in [7, 11) is 0. The normalized spacial score (nSPS) is 26.1. The van der Waals surface area contributed by atoms with Gasteiger partial charge in [-0.3, -0.25) is 24.4 Å². The van der Waals surface area contributed by atoms with Crippen LogP contribution in [0.25, 0.3) is 0 Å². The molecule has 2 aliphatic heterocycles. The monoisotopic (exact) mass is 402 g/mol. The maximum Gasteiger partial charge on any atom is 0.325 e. The first-order valence-corrected chi connectivity index (χ1v) is 10.1. The standard InChI is InChI=1S/C19H26N6O4/c1-3-25-14(6-11(2)22-25)18(28)23-7-12-4-5-13(8-23)17(12)20-15(26)9-24-10-16(27)21-19(24)29/h6,12-13,17H,3-5,7-10H2,1-2H3,(H,20,26)(H,21,27,29)/t12-,13+,17?. The number of likely N-dealkylation sites (tertiary alicyclic amines) is 1. The fraction of sp³-hybridized carbons (Fsp3) is 0.632. The van der Waals surface area contributed by atoms with Crippen molar-refractivity contribution in [1.82, 2.24) is 30.2 Å². The number of aryl methyl sites for hydroxylation is 2. The first-order valence-electron chi connectivity index (χ1n) is 10.1. The molecule has 156 valence electrons. The van der Waals surface area contributed by atoms with Gasteiger partial charge in [-0.25, -0.2) is 4.79 Å². The van der Waals surface area contributed by atoms with Crippen LogP contribution in [0, 0.1) is 18.8 Å². The number of piperidine rings is 1. The first-order chi connectivity index (χ1) is 13.9. The van der Waals surface area contributed by atoms with Crippen molar-refractivity contribution in [2.75, 3.05) is 26.2 Å². The van der Waals surface area contributed by atoms with Crippen LogP contribution in [-0.2, 0) is 16.1 Å². The summed E-state index contributed by atoms with van der Waals surface area (Å²) in [6, 6.07) is 1.28. The minimum Gasteiger partial charge on any atom is -0.351 e. The zero-order valence-corrected chi connectivity index (χ0v) is 16.7. The van der Waals surface area contributed by atoms with Gasteiger partial charge in [0.1, 0.15) is 18.8 Å². The first kappa shape index (κ1) is 19.4. The van der Waals surface area contributed by atoms with E-state index >= 15 is 0 Å². The van der Waals surface area contributed by atoms with Gasteiger partial charge in [-0.2, -0.15) is 5.10 Å². The van der Waals surface area contributed by atoms with Crippen LogP contribution in [0.4, 0.5) is 4.79 Å². The highest BCUT2D eigenvalue weighted by Crippen LogP contribution is 2.37. The molecule has 2 saturated heterocycles. The summed E-state index contributed by atoms with van der Waals surface area (Å²) in [6.07, 6.45) is 1.91. The number of carbonyl (C=O) groups is 4. The third kappa shape index (κ3) is 3.70. The molecule has 1 aromatic rings. The van der Waals surface area contributed by atoms with Crippen LogP contribution >= 0.6 is 0 Å². The third-order valence-electron chi connectivity index (χ3n) is 6.07. The van der Waals surface area contributed by atoms with Gasteiger partial charge >= 0.3 is 6.03 Å². The molecule has 5 amide bonds. The highest BCUT2D eigenvalue weighted by molar-refractivity contribution is 6.03. The Morgan fingerprint density at radius 2 is 1.93 bits per heavy atom. The third-order valence-corrected chi connectivity index (χ3v) is 6.07. The number of urea groups is 1. The van der Waals surface area contributed by atoms with Crippen LogP contribution in [0.3, 0.4) is 0 Å². The summed E-state index contributed by atoms with van der Waals surface area (Å²) < 4.78 is 1.73.